The highest BCUT2D eigenvalue weighted by Crippen LogP contribution is 2.27. The lowest BCUT2D eigenvalue weighted by atomic mass is 9.84. The Morgan fingerprint density at radius 1 is 1.32 bits per heavy atom. The van der Waals surface area contributed by atoms with Gasteiger partial charge in [0.2, 0.25) is 0 Å². The normalized spacial score (nSPS) is 17.9. The van der Waals surface area contributed by atoms with Crippen molar-refractivity contribution in [2.24, 2.45) is 5.92 Å². The van der Waals surface area contributed by atoms with Gasteiger partial charge in [0.05, 0.1) is 0 Å². The first-order valence-corrected chi connectivity index (χ1v) is 7.16. The van der Waals surface area contributed by atoms with Crippen LogP contribution < -0.4 is 5.32 Å². The molecule has 5 nitrogen and oxygen atoms in total. The maximum atomic E-state index is 11.9. The standard InChI is InChI=1S/C13H16BrNO4/c14-10-7-6-9(19-10)12(16)15-11(13(17)18)8-4-2-1-3-5-8/h6-8,11H,1-5H2,(H,15,16)(H,17,18). The molecule has 19 heavy (non-hydrogen) atoms. The van der Waals surface area contributed by atoms with Gasteiger partial charge in [0.25, 0.3) is 5.91 Å². The molecule has 2 N–H and O–H groups in total. The van der Waals surface area contributed by atoms with Crippen LogP contribution in [0.25, 0.3) is 0 Å². The van der Waals surface area contributed by atoms with E-state index < -0.39 is 17.9 Å². The van der Waals surface area contributed by atoms with Crippen LogP contribution in [0.4, 0.5) is 0 Å². The second-order valence-electron chi connectivity index (χ2n) is 4.79. The Morgan fingerprint density at radius 3 is 2.53 bits per heavy atom. The average Bonchev–Trinajstić information content (AvgIpc) is 2.83. The topological polar surface area (TPSA) is 79.5 Å². The quantitative estimate of drug-likeness (QED) is 0.890. The zero-order chi connectivity index (χ0) is 13.8. The van der Waals surface area contributed by atoms with Gasteiger partial charge in [-0.3, -0.25) is 4.79 Å². The number of nitrogens with one attached hydrogen (secondary N) is 1. The molecule has 1 aromatic rings. The highest BCUT2D eigenvalue weighted by molar-refractivity contribution is 9.10. The summed E-state index contributed by atoms with van der Waals surface area (Å²) >= 11 is 3.11. The first-order valence-electron chi connectivity index (χ1n) is 6.37. The van der Waals surface area contributed by atoms with Crippen molar-refractivity contribution in [3.8, 4) is 0 Å². The summed E-state index contributed by atoms with van der Waals surface area (Å²) in [6.07, 6.45) is 4.88. The Balaban J connectivity index is 2.04. The minimum atomic E-state index is -0.981. The summed E-state index contributed by atoms with van der Waals surface area (Å²) in [5, 5.41) is 11.8. The third kappa shape index (κ3) is 3.59. The van der Waals surface area contributed by atoms with E-state index in [9.17, 15) is 14.7 Å². The van der Waals surface area contributed by atoms with Gasteiger partial charge in [-0.25, -0.2) is 4.79 Å². The molecule has 0 spiro atoms. The molecule has 1 aliphatic carbocycles. The van der Waals surface area contributed by atoms with Gasteiger partial charge in [0.15, 0.2) is 10.4 Å². The molecule has 0 saturated heterocycles. The monoisotopic (exact) mass is 329 g/mol. The van der Waals surface area contributed by atoms with Crippen LogP contribution in [-0.4, -0.2) is 23.0 Å². The van der Waals surface area contributed by atoms with Crippen molar-refractivity contribution < 1.29 is 19.1 Å². The lowest BCUT2D eigenvalue weighted by Crippen LogP contribution is -2.46. The molecule has 0 aliphatic heterocycles. The Labute approximate surface area is 119 Å². The number of carboxylic acids is 1. The molecule has 0 bridgehead atoms. The van der Waals surface area contributed by atoms with E-state index in [1.165, 1.54) is 6.07 Å². The van der Waals surface area contributed by atoms with E-state index >= 15 is 0 Å². The number of carboxylic acid groups (broad SMARTS) is 1. The zero-order valence-electron chi connectivity index (χ0n) is 10.4. The van der Waals surface area contributed by atoms with Crippen molar-refractivity contribution in [3.63, 3.8) is 0 Å². The van der Waals surface area contributed by atoms with Gasteiger partial charge in [-0.2, -0.15) is 0 Å². The average molecular weight is 330 g/mol. The van der Waals surface area contributed by atoms with E-state index in [4.69, 9.17) is 4.42 Å². The number of carbonyl (C=O) groups is 2. The van der Waals surface area contributed by atoms with Gasteiger partial charge in [0, 0.05) is 0 Å². The maximum Gasteiger partial charge on any atom is 0.326 e. The molecule has 1 fully saturated rings. The van der Waals surface area contributed by atoms with Crippen LogP contribution in [-0.2, 0) is 4.79 Å². The van der Waals surface area contributed by atoms with E-state index in [1.807, 2.05) is 0 Å². The van der Waals surface area contributed by atoms with Crippen molar-refractivity contribution in [2.45, 2.75) is 38.1 Å². The minimum absolute atomic E-state index is 0.00797. The number of aliphatic carboxylic acids is 1. The van der Waals surface area contributed by atoms with Crippen LogP contribution in [0.3, 0.4) is 0 Å². The van der Waals surface area contributed by atoms with Crippen molar-refractivity contribution in [1.29, 1.82) is 0 Å². The summed E-state index contributed by atoms with van der Waals surface area (Å²) in [4.78, 5) is 23.2. The molecule has 1 atom stereocenters. The van der Waals surface area contributed by atoms with Gasteiger partial charge in [-0.15, -0.1) is 0 Å². The number of hydrogen-bond acceptors (Lipinski definition) is 3. The van der Waals surface area contributed by atoms with E-state index in [-0.39, 0.29) is 11.7 Å². The fourth-order valence-corrected chi connectivity index (χ4v) is 2.80. The third-order valence-corrected chi connectivity index (χ3v) is 3.90. The number of amides is 1. The molecule has 1 aromatic heterocycles. The molecule has 0 aromatic carbocycles. The summed E-state index contributed by atoms with van der Waals surface area (Å²) in [6.45, 7) is 0. The van der Waals surface area contributed by atoms with Crippen molar-refractivity contribution in [2.75, 3.05) is 0 Å². The molecule has 1 aliphatic rings. The smallest absolute Gasteiger partial charge is 0.326 e. The first kappa shape index (κ1) is 14.1. The Hall–Kier alpha value is -1.30. The highest BCUT2D eigenvalue weighted by atomic mass is 79.9. The predicted molar refractivity (Wildman–Crippen MR) is 71.9 cm³/mol. The Kier molecular flexibility index (Phi) is 4.63. The highest BCUT2D eigenvalue weighted by Gasteiger charge is 2.31. The Bertz CT molecular complexity index is 465. The van der Waals surface area contributed by atoms with Crippen molar-refractivity contribution in [3.05, 3.63) is 22.6 Å². The maximum absolute atomic E-state index is 11.9. The second-order valence-corrected chi connectivity index (χ2v) is 5.57. The SMILES string of the molecule is O=C(NC(C(=O)O)C1CCCCC1)c1ccc(Br)o1. The number of halogens is 1. The molecular weight excluding hydrogens is 314 g/mol. The van der Waals surface area contributed by atoms with Crippen molar-refractivity contribution in [1.82, 2.24) is 5.32 Å². The van der Waals surface area contributed by atoms with Crippen LogP contribution in [0.5, 0.6) is 0 Å². The molecule has 104 valence electrons. The second kappa shape index (κ2) is 6.23. The molecule has 1 amide bonds. The molecule has 0 radical (unpaired) electrons. The summed E-state index contributed by atoms with van der Waals surface area (Å²) in [5.41, 5.74) is 0. The lowest BCUT2D eigenvalue weighted by Gasteiger charge is -2.27. The van der Waals surface area contributed by atoms with Gasteiger partial charge >= 0.3 is 5.97 Å². The summed E-state index contributed by atoms with van der Waals surface area (Å²) in [7, 11) is 0. The molecular formula is C13H16BrNO4. The van der Waals surface area contributed by atoms with Gasteiger partial charge < -0.3 is 14.8 Å². The van der Waals surface area contributed by atoms with Gasteiger partial charge in [-0.1, -0.05) is 19.3 Å². The van der Waals surface area contributed by atoms with Crippen molar-refractivity contribution >= 4 is 27.8 Å². The van der Waals surface area contributed by atoms with E-state index in [0.717, 1.165) is 32.1 Å². The van der Waals surface area contributed by atoms with Gasteiger partial charge in [-0.05, 0) is 46.8 Å². The van der Waals surface area contributed by atoms with Crippen LogP contribution in [0.2, 0.25) is 0 Å². The van der Waals surface area contributed by atoms with E-state index in [1.54, 1.807) is 6.07 Å². The summed E-state index contributed by atoms with van der Waals surface area (Å²) in [6, 6.07) is 2.28. The zero-order valence-corrected chi connectivity index (χ0v) is 12.0. The van der Waals surface area contributed by atoms with Crippen LogP contribution in [0.1, 0.15) is 42.7 Å². The fraction of sp³-hybridized carbons (Fsp3) is 0.538. The predicted octanol–water partition coefficient (Wildman–Crippen LogP) is 2.81. The summed E-state index contributed by atoms with van der Waals surface area (Å²) in [5.74, 6) is -1.34. The van der Waals surface area contributed by atoms with E-state index in [2.05, 4.69) is 21.2 Å². The number of furan rings is 1. The minimum Gasteiger partial charge on any atom is -0.480 e. The lowest BCUT2D eigenvalue weighted by molar-refractivity contribution is -0.141. The molecule has 6 heteroatoms. The van der Waals surface area contributed by atoms with Crippen LogP contribution >= 0.6 is 15.9 Å². The molecule has 2 rings (SSSR count). The Morgan fingerprint density at radius 2 is 2.00 bits per heavy atom. The van der Waals surface area contributed by atoms with Crippen LogP contribution in [0.15, 0.2) is 21.2 Å². The third-order valence-electron chi connectivity index (χ3n) is 3.47. The fourth-order valence-electron chi connectivity index (χ4n) is 2.50. The number of carbonyl (C=O) groups excluding carboxylic acids is 1. The van der Waals surface area contributed by atoms with Gasteiger partial charge in [0.1, 0.15) is 6.04 Å². The van der Waals surface area contributed by atoms with E-state index in [0.29, 0.717) is 4.67 Å². The largest absolute Gasteiger partial charge is 0.480 e. The van der Waals surface area contributed by atoms with Crippen LogP contribution in [0, 0.1) is 5.92 Å². The molecule has 1 unspecified atom stereocenters. The first-order chi connectivity index (χ1) is 9.08. The summed E-state index contributed by atoms with van der Waals surface area (Å²) < 4.78 is 5.57. The molecule has 1 saturated carbocycles. The molecule has 1 heterocycles. The number of rotatable bonds is 4. The number of hydrogen-bond donors (Lipinski definition) is 2.